The Morgan fingerprint density at radius 3 is 2.63 bits per heavy atom. The van der Waals surface area contributed by atoms with E-state index in [1.807, 2.05) is 0 Å². The minimum Gasteiger partial charge on any atom is -0.272 e. The molecule has 8 nitrogen and oxygen atoms in total. The van der Waals surface area contributed by atoms with Crippen molar-refractivity contribution in [3.05, 3.63) is 45.1 Å². The fourth-order valence-corrected chi connectivity index (χ4v) is 1.65. The molecule has 2 aromatic heterocycles. The lowest BCUT2D eigenvalue weighted by Gasteiger charge is -2.04. The molecule has 0 aromatic carbocycles. The molecule has 0 aliphatic carbocycles. The normalized spacial score (nSPS) is 9.63. The first-order valence-electron chi connectivity index (χ1n) is 4.76. The Kier molecular flexibility index (Phi) is 3.10. The van der Waals surface area contributed by atoms with Crippen molar-refractivity contribution < 1.29 is 4.92 Å². The second-order valence-corrected chi connectivity index (χ2v) is 3.70. The molecule has 0 bridgehead atoms. The topological polar surface area (TPSA) is 121 Å². The van der Waals surface area contributed by atoms with E-state index in [2.05, 4.69) is 9.97 Å². The molecule has 92 valence electrons. The van der Waals surface area contributed by atoms with Crippen LogP contribution in [0.4, 0.5) is 5.69 Å². The maximum absolute atomic E-state index is 10.6. The summed E-state index contributed by atoms with van der Waals surface area (Å²) in [5, 5.41) is 28.3. The Balaban J connectivity index is 2.61. The highest BCUT2D eigenvalue weighted by molar-refractivity contribution is 6.32. The molecule has 2 rings (SSSR count). The van der Waals surface area contributed by atoms with Crippen LogP contribution in [0.3, 0.4) is 0 Å². The van der Waals surface area contributed by atoms with Gasteiger partial charge in [0.2, 0.25) is 0 Å². The van der Waals surface area contributed by atoms with E-state index >= 15 is 0 Å². The number of nitriles is 2. The monoisotopic (exact) mass is 274 g/mol. The highest BCUT2D eigenvalue weighted by Crippen LogP contribution is 2.24. The molecule has 2 heterocycles. The number of halogens is 1. The molecule has 0 spiro atoms. The van der Waals surface area contributed by atoms with Crippen LogP contribution in [0.1, 0.15) is 11.4 Å². The van der Waals surface area contributed by atoms with Crippen LogP contribution in [0.5, 0.6) is 0 Å². The molecule has 0 aliphatic heterocycles. The summed E-state index contributed by atoms with van der Waals surface area (Å²) < 4.78 is 1.20. The van der Waals surface area contributed by atoms with Gasteiger partial charge < -0.3 is 0 Å². The van der Waals surface area contributed by atoms with E-state index in [0.29, 0.717) is 0 Å². The van der Waals surface area contributed by atoms with Gasteiger partial charge >= 0.3 is 0 Å². The summed E-state index contributed by atoms with van der Waals surface area (Å²) in [5.74, 6) is 0.0952. The van der Waals surface area contributed by atoms with E-state index in [1.165, 1.54) is 10.9 Å². The highest BCUT2D eigenvalue weighted by Gasteiger charge is 2.17. The first kappa shape index (κ1) is 12.5. The fraction of sp³-hybridized carbons (Fsp3) is 0. The molecule has 0 fully saturated rings. The van der Waals surface area contributed by atoms with Crippen LogP contribution in [0.2, 0.25) is 5.02 Å². The number of imidazole rings is 1. The lowest BCUT2D eigenvalue weighted by atomic mass is 10.3. The summed E-state index contributed by atoms with van der Waals surface area (Å²) in [7, 11) is 0. The van der Waals surface area contributed by atoms with Crippen LogP contribution in [0, 0.1) is 32.8 Å². The van der Waals surface area contributed by atoms with Gasteiger partial charge in [0.05, 0.1) is 9.95 Å². The predicted molar refractivity (Wildman–Crippen MR) is 62.5 cm³/mol. The summed E-state index contributed by atoms with van der Waals surface area (Å²) >= 11 is 5.88. The third-order valence-corrected chi connectivity index (χ3v) is 2.50. The van der Waals surface area contributed by atoms with Crippen LogP contribution in [-0.4, -0.2) is 19.5 Å². The lowest BCUT2D eigenvalue weighted by molar-refractivity contribution is -0.385. The molecule has 9 heteroatoms. The molecule has 0 radical (unpaired) electrons. The zero-order valence-corrected chi connectivity index (χ0v) is 9.87. The van der Waals surface area contributed by atoms with E-state index in [-0.39, 0.29) is 27.9 Å². The van der Waals surface area contributed by atoms with Crippen molar-refractivity contribution in [2.45, 2.75) is 0 Å². The fourth-order valence-electron chi connectivity index (χ4n) is 1.40. The lowest BCUT2D eigenvalue weighted by Crippen LogP contribution is -2.01. The van der Waals surface area contributed by atoms with Gasteiger partial charge in [0.15, 0.2) is 17.2 Å². The van der Waals surface area contributed by atoms with Crippen molar-refractivity contribution in [3.8, 4) is 18.0 Å². The molecule has 0 N–H and O–H groups in total. The van der Waals surface area contributed by atoms with Crippen molar-refractivity contribution in [1.29, 1.82) is 10.5 Å². The Bertz CT molecular complexity index is 754. The standard InChI is InChI=1S/C10H3ClN6O2/c11-7-1-6(17(18)19)4-14-10(7)16-5-15-8(2-12)9(16)3-13/h1,4-5H. The number of pyridine rings is 1. The van der Waals surface area contributed by atoms with E-state index in [9.17, 15) is 10.1 Å². The molecule has 0 amide bonds. The smallest absolute Gasteiger partial charge is 0.272 e. The van der Waals surface area contributed by atoms with Gasteiger partial charge in [0.25, 0.3) is 5.69 Å². The average molecular weight is 275 g/mol. The highest BCUT2D eigenvalue weighted by atomic mass is 35.5. The second kappa shape index (κ2) is 4.72. The van der Waals surface area contributed by atoms with Gasteiger partial charge in [-0.3, -0.25) is 14.7 Å². The van der Waals surface area contributed by atoms with Gasteiger partial charge in [0.1, 0.15) is 24.7 Å². The second-order valence-electron chi connectivity index (χ2n) is 3.29. The van der Waals surface area contributed by atoms with Crippen LogP contribution in [0.15, 0.2) is 18.6 Å². The van der Waals surface area contributed by atoms with Crippen molar-refractivity contribution >= 4 is 17.3 Å². The number of nitrogens with zero attached hydrogens (tertiary/aromatic N) is 6. The quantitative estimate of drug-likeness (QED) is 0.605. The predicted octanol–water partition coefficient (Wildman–Crippen LogP) is 1.57. The maximum atomic E-state index is 10.6. The Labute approximate surface area is 111 Å². The van der Waals surface area contributed by atoms with E-state index in [4.69, 9.17) is 22.1 Å². The van der Waals surface area contributed by atoms with Crippen LogP contribution >= 0.6 is 11.6 Å². The third-order valence-electron chi connectivity index (χ3n) is 2.23. The molecule has 2 aromatic rings. The zero-order valence-electron chi connectivity index (χ0n) is 9.11. The maximum Gasteiger partial charge on any atom is 0.289 e. The van der Waals surface area contributed by atoms with Crippen LogP contribution < -0.4 is 0 Å². The summed E-state index contributed by atoms with van der Waals surface area (Å²) in [5.41, 5.74) is -0.377. The summed E-state index contributed by atoms with van der Waals surface area (Å²) in [6.07, 6.45) is 2.21. The van der Waals surface area contributed by atoms with Gasteiger partial charge in [0, 0.05) is 6.07 Å². The van der Waals surface area contributed by atoms with E-state index in [1.54, 1.807) is 12.1 Å². The van der Waals surface area contributed by atoms with Crippen LogP contribution in [-0.2, 0) is 0 Å². The number of aromatic nitrogens is 3. The molecular weight excluding hydrogens is 272 g/mol. The van der Waals surface area contributed by atoms with E-state index < -0.39 is 4.92 Å². The van der Waals surface area contributed by atoms with E-state index in [0.717, 1.165) is 12.3 Å². The molecular formula is C10H3ClN6O2. The summed E-state index contributed by atoms with van der Waals surface area (Å²) in [4.78, 5) is 17.5. The van der Waals surface area contributed by atoms with Crippen molar-refractivity contribution in [2.75, 3.05) is 0 Å². The van der Waals surface area contributed by atoms with Gasteiger partial charge in [-0.1, -0.05) is 11.6 Å². The first-order valence-corrected chi connectivity index (χ1v) is 5.14. The van der Waals surface area contributed by atoms with Crippen molar-refractivity contribution in [1.82, 2.24) is 14.5 Å². The van der Waals surface area contributed by atoms with Gasteiger partial charge in [-0.25, -0.2) is 9.97 Å². The van der Waals surface area contributed by atoms with Crippen molar-refractivity contribution in [2.24, 2.45) is 0 Å². The molecule has 0 saturated heterocycles. The number of rotatable bonds is 2. The van der Waals surface area contributed by atoms with Gasteiger partial charge in [-0.05, 0) is 0 Å². The Morgan fingerprint density at radius 1 is 1.37 bits per heavy atom. The van der Waals surface area contributed by atoms with Gasteiger partial charge in [-0.15, -0.1) is 0 Å². The largest absolute Gasteiger partial charge is 0.289 e. The van der Waals surface area contributed by atoms with Gasteiger partial charge in [-0.2, -0.15) is 10.5 Å². The zero-order chi connectivity index (χ0) is 14.0. The summed E-state index contributed by atoms with van der Waals surface area (Å²) in [6.45, 7) is 0. The minimum absolute atomic E-state index is 0.0208. The van der Waals surface area contributed by atoms with Crippen LogP contribution in [0.25, 0.3) is 5.82 Å². The summed E-state index contributed by atoms with van der Waals surface area (Å²) in [6, 6.07) is 4.66. The minimum atomic E-state index is -0.636. The number of nitro groups is 1. The average Bonchev–Trinajstić information content (AvgIpc) is 2.80. The Morgan fingerprint density at radius 2 is 2.11 bits per heavy atom. The first-order chi connectivity index (χ1) is 9.08. The van der Waals surface area contributed by atoms with Crippen molar-refractivity contribution in [3.63, 3.8) is 0 Å². The third kappa shape index (κ3) is 2.08. The molecule has 0 unspecified atom stereocenters. The molecule has 0 saturated carbocycles. The molecule has 0 aliphatic rings. The molecule has 0 atom stereocenters. The number of hydrogen-bond acceptors (Lipinski definition) is 6. The Hall–Kier alpha value is -2.97. The molecule has 19 heavy (non-hydrogen) atoms. The number of hydrogen-bond donors (Lipinski definition) is 0. The SMILES string of the molecule is N#Cc1ncn(-c2ncc([N+](=O)[O-])cc2Cl)c1C#N.